The van der Waals surface area contributed by atoms with Crippen LogP contribution in [0.2, 0.25) is 0 Å². The predicted molar refractivity (Wildman–Crippen MR) is 146 cm³/mol. The fourth-order valence-corrected chi connectivity index (χ4v) is 5.30. The number of halogens is 3. The maximum atomic E-state index is 13.2. The number of amides is 2. The Labute approximate surface area is 240 Å². The first-order valence-electron chi connectivity index (χ1n) is 13.7. The first-order chi connectivity index (χ1) is 19.9. The van der Waals surface area contributed by atoms with Gasteiger partial charge in [-0.15, -0.1) is 0 Å². The van der Waals surface area contributed by atoms with E-state index < -0.39 is 35.0 Å². The molecule has 4 rings (SSSR count). The number of aliphatic hydroxyl groups excluding tert-OH is 1. The van der Waals surface area contributed by atoms with Gasteiger partial charge in [0.2, 0.25) is 5.91 Å². The molecule has 0 radical (unpaired) electrons. The summed E-state index contributed by atoms with van der Waals surface area (Å²) in [6.45, 7) is 1.87. The second kappa shape index (κ2) is 13.1. The molecule has 0 spiro atoms. The number of aromatic nitrogens is 2. The number of hydrogen-bond acceptors (Lipinski definition) is 9. The van der Waals surface area contributed by atoms with Crippen molar-refractivity contribution in [3.8, 4) is 6.07 Å². The molecule has 2 aliphatic rings. The summed E-state index contributed by atoms with van der Waals surface area (Å²) in [6, 6.07) is 4.76. The van der Waals surface area contributed by atoms with Gasteiger partial charge in [-0.05, 0) is 44.4 Å². The molecular weight excluding hydrogens is 557 g/mol. The lowest BCUT2D eigenvalue weighted by atomic mass is 9.93. The van der Waals surface area contributed by atoms with Crippen LogP contribution in [-0.4, -0.2) is 68.8 Å². The van der Waals surface area contributed by atoms with Crippen molar-refractivity contribution >= 4 is 23.2 Å². The molecule has 228 valence electrons. The van der Waals surface area contributed by atoms with Gasteiger partial charge in [0.05, 0.1) is 35.7 Å². The molecule has 5 atom stereocenters. The Hall–Kier alpha value is -3.71. The van der Waals surface area contributed by atoms with Crippen LogP contribution in [0.1, 0.15) is 50.2 Å². The van der Waals surface area contributed by atoms with E-state index in [0.717, 1.165) is 37.9 Å². The van der Waals surface area contributed by atoms with Crippen molar-refractivity contribution in [3.63, 3.8) is 0 Å². The molecule has 2 aromatic rings. The van der Waals surface area contributed by atoms with Gasteiger partial charge >= 0.3 is 6.18 Å². The van der Waals surface area contributed by atoms with Gasteiger partial charge in [-0.3, -0.25) is 19.6 Å². The number of unbranched alkanes of at least 4 members (excludes halogenated alkanes) is 1. The van der Waals surface area contributed by atoms with Gasteiger partial charge in [0.25, 0.3) is 5.91 Å². The van der Waals surface area contributed by atoms with Crippen LogP contribution in [-0.2, 0) is 22.4 Å². The lowest BCUT2D eigenvalue weighted by Crippen LogP contribution is -2.48. The van der Waals surface area contributed by atoms with Gasteiger partial charge in [-0.1, -0.05) is 6.42 Å². The average Bonchev–Trinajstić information content (AvgIpc) is 3.62. The van der Waals surface area contributed by atoms with E-state index in [1.807, 2.05) is 0 Å². The van der Waals surface area contributed by atoms with Gasteiger partial charge < -0.3 is 31.5 Å². The fourth-order valence-electron chi connectivity index (χ4n) is 5.30. The Kier molecular flexibility index (Phi) is 9.72. The van der Waals surface area contributed by atoms with E-state index in [2.05, 4.69) is 31.7 Å². The number of carbonyl (C=O) groups is 2. The molecule has 0 saturated carbocycles. The molecule has 2 fully saturated rings. The zero-order valence-corrected chi connectivity index (χ0v) is 23.0. The van der Waals surface area contributed by atoms with E-state index in [1.165, 1.54) is 23.9 Å². The van der Waals surface area contributed by atoms with E-state index in [-0.39, 0.29) is 30.8 Å². The SMILES string of the molecule is C[C@](O)(CNCn1cc(NC(O)CCCC[C@@H]2NCC3NC(=O)CC32)cn1)C(=O)Nc1ccc(C#N)c(C(F)(F)F)c1. The monoisotopic (exact) mass is 592 g/mol. The third-order valence-electron chi connectivity index (χ3n) is 7.55. The molecule has 3 heterocycles. The molecule has 15 heteroatoms. The second-order valence-corrected chi connectivity index (χ2v) is 11.0. The van der Waals surface area contributed by atoms with Crippen LogP contribution in [0, 0.1) is 17.2 Å². The standard InChI is InChI=1S/C27H35F3N8O4/c1-26(42,25(41)36-17-7-6-16(10-31)20(8-17)27(28,29)30)14-32-15-38-13-18(11-34-38)35-23(39)5-3-2-4-21-19-9-24(40)37-22(19)12-33-21/h6-8,11,13,19,21-23,32-33,35,39,42H,2-5,9,12,14-15H2,1H3,(H,36,41)(H,37,40)/t19?,21-,22?,23?,26-/m0/s1. The zero-order chi connectivity index (χ0) is 30.5. The Morgan fingerprint density at radius 2 is 2.10 bits per heavy atom. The van der Waals surface area contributed by atoms with Crippen molar-refractivity contribution in [2.24, 2.45) is 5.92 Å². The van der Waals surface area contributed by atoms with Crippen LogP contribution in [0.15, 0.2) is 30.6 Å². The smallest absolute Gasteiger partial charge is 0.379 e. The number of rotatable bonds is 13. The van der Waals surface area contributed by atoms with Gasteiger partial charge in [0.1, 0.15) is 6.23 Å². The van der Waals surface area contributed by atoms with E-state index >= 15 is 0 Å². The van der Waals surface area contributed by atoms with Gasteiger partial charge in [0, 0.05) is 49.4 Å². The van der Waals surface area contributed by atoms with Crippen LogP contribution < -0.4 is 26.6 Å². The molecule has 1 aromatic carbocycles. The number of nitrogens with one attached hydrogen (secondary N) is 5. The summed E-state index contributed by atoms with van der Waals surface area (Å²) in [5.74, 6) is -0.476. The van der Waals surface area contributed by atoms with Gasteiger partial charge in [-0.25, -0.2) is 0 Å². The maximum absolute atomic E-state index is 13.2. The molecule has 12 nitrogen and oxygen atoms in total. The third-order valence-corrected chi connectivity index (χ3v) is 7.55. The molecule has 0 bridgehead atoms. The number of alkyl halides is 3. The lowest BCUT2D eigenvalue weighted by molar-refractivity contribution is -0.138. The fraction of sp³-hybridized carbons (Fsp3) is 0.556. The van der Waals surface area contributed by atoms with Crippen molar-refractivity contribution in [2.75, 3.05) is 23.7 Å². The molecular formula is C27H35F3N8O4. The topological polar surface area (TPSA) is 176 Å². The summed E-state index contributed by atoms with van der Waals surface area (Å²) in [4.78, 5) is 24.1. The largest absolute Gasteiger partial charge is 0.417 e. The number of fused-ring (bicyclic) bond motifs is 1. The number of anilines is 2. The Morgan fingerprint density at radius 3 is 2.83 bits per heavy atom. The summed E-state index contributed by atoms with van der Waals surface area (Å²) in [6.07, 6.45) is 1.35. The molecule has 7 N–H and O–H groups in total. The van der Waals surface area contributed by atoms with Gasteiger partial charge in [0.15, 0.2) is 5.60 Å². The maximum Gasteiger partial charge on any atom is 0.417 e. The minimum absolute atomic E-state index is 0.101. The number of carbonyl (C=O) groups excluding carboxylic acids is 2. The molecule has 2 amide bonds. The molecule has 3 unspecified atom stereocenters. The average molecular weight is 593 g/mol. The Morgan fingerprint density at radius 1 is 1.31 bits per heavy atom. The highest BCUT2D eigenvalue weighted by molar-refractivity contribution is 5.97. The summed E-state index contributed by atoms with van der Waals surface area (Å²) >= 11 is 0. The Balaban J connectivity index is 1.16. The summed E-state index contributed by atoms with van der Waals surface area (Å²) in [5, 5.41) is 48.5. The van der Waals surface area contributed by atoms with Crippen molar-refractivity contribution in [2.45, 2.75) is 75.8 Å². The van der Waals surface area contributed by atoms with E-state index in [0.29, 0.717) is 36.6 Å². The molecule has 1 aromatic heterocycles. The van der Waals surface area contributed by atoms with E-state index in [1.54, 1.807) is 6.20 Å². The number of hydrogen-bond donors (Lipinski definition) is 7. The zero-order valence-electron chi connectivity index (χ0n) is 23.0. The van der Waals surface area contributed by atoms with Crippen molar-refractivity contribution in [1.82, 2.24) is 25.7 Å². The molecule has 2 saturated heterocycles. The molecule has 0 aliphatic carbocycles. The van der Waals surface area contributed by atoms with Crippen molar-refractivity contribution < 1.29 is 33.0 Å². The quantitative estimate of drug-likeness (QED) is 0.134. The van der Waals surface area contributed by atoms with Crippen LogP contribution in [0.3, 0.4) is 0 Å². The molecule has 2 aliphatic heterocycles. The van der Waals surface area contributed by atoms with Crippen molar-refractivity contribution in [1.29, 1.82) is 5.26 Å². The highest BCUT2D eigenvalue weighted by atomic mass is 19.4. The minimum Gasteiger partial charge on any atom is -0.379 e. The third kappa shape index (κ3) is 7.97. The predicted octanol–water partition coefficient (Wildman–Crippen LogP) is 1.48. The highest BCUT2D eigenvalue weighted by Crippen LogP contribution is 2.34. The van der Waals surface area contributed by atoms with E-state index in [4.69, 9.17) is 5.26 Å². The van der Waals surface area contributed by atoms with Gasteiger partial charge in [-0.2, -0.15) is 23.5 Å². The second-order valence-electron chi connectivity index (χ2n) is 11.0. The summed E-state index contributed by atoms with van der Waals surface area (Å²) < 4.78 is 41.1. The molecule has 42 heavy (non-hydrogen) atoms. The van der Waals surface area contributed by atoms with Crippen LogP contribution >= 0.6 is 0 Å². The first-order valence-corrected chi connectivity index (χ1v) is 13.7. The normalized spacial score (nSPS) is 22.1. The Bertz CT molecular complexity index is 1310. The lowest BCUT2D eigenvalue weighted by Gasteiger charge is -2.23. The summed E-state index contributed by atoms with van der Waals surface area (Å²) in [5.41, 5.74) is -3.38. The summed E-state index contributed by atoms with van der Waals surface area (Å²) in [7, 11) is 0. The van der Waals surface area contributed by atoms with Crippen LogP contribution in [0.5, 0.6) is 0 Å². The number of nitrogens with zero attached hydrogens (tertiary/aromatic N) is 3. The van der Waals surface area contributed by atoms with Crippen molar-refractivity contribution in [3.05, 3.63) is 41.7 Å². The van der Waals surface area contributed by atoms with Crippen LogP contribution in [0.4, 0.5) is 24.5 Å². The number of benzene rings is 1. The van der Waals surface area contributed by atoms with Crippen LogP contribution in [0.25, 0.3) is 0 Å². The first kappa shape index (κ1) is 31.2. The van der Waals surface area contributed by atoms with E-state index in [9.17, 15) is 33.0 Å². The number of nitriles is 1. The minimum atomic E-state index is -4.78. The number of aliphatic hydroxyl groups is 2. The highest BCUT2D eigenvalue weighted by Gasteiger charge is 2.42.